The standard InChI is InChI=1S/C16H23F3N2O2.ClH/c1-11(14(22)21(4)10-15(2,3)9-20)23-13-8-6-5-7-12(13)16(17,18)19;/h5-8,11H,9-10,20H2,1-4H3;1H. The number of ether oxygens (including phenoxy) is 1. The van der Waals surface area contributed by atoms with Crippen LogP contribution < -0.4 is 10.5 Å². The molecule has 0 aliphatic heterocycles. The van der Waals surface area contributed by atoms with E-state index in [1.165, 1.54) is 30.0 Å². The summed E-state index contributed by atoms with van der Waals surface area (Å²) >= 11 is 0. The molecule has 0 bridgehead atoms. The number of benzene rings is 1. The Hall–Kier alpha value is -1.47. The summed E-state index contributed by atoms with van der Waals surface area (Å²) < 4.78 is 44.1. The largest absolute Gasteiger partial charge is 0.480 e. The zero-order chi connectivity index (χ0) is 17.8. The smallest absolute Gasteiger partial charge is 0.419 e. The molecule has 0 spiro atoms. The average molecular weight is 369 g/mol. The van der Waals surface area contributed by atoms with E-state index < -0.39 is 23.8 Å². The number of hydrogen-bond donors (Lipinski definition) is 1. The molecule has 1 aromatic rings. The molecule has 0 radical (unpaired) electrons. The van der Waals surface area contributed by atoms with Crippen LogP contribution in [0.25, 0.3) is 0 Å². The number of rotatable bonds is 6. The molecular formula is C16H24ClF3N2O2. The first-order valence-electron chi connectivity index (χ1n) is 7.26. The number of likely N-dealkylation sites (N-methyl/N-ethyl adjacent to an activating group) is 1. The molecule has 0 saturated carbocycles. The van der Waals surface area contributed by atoms with Crippen LogP contribution >= 0.6 is 12.4 Å². The van der Waals surface area contributed by atoms with Crippen molar-refractivity contribution in [3.8, 4) is 5.75 Å². The summed E-state index contributed by atoms with van der Waals surface area (Å²) in [5, 5.41) is 0. The third-order valence-electron chi connectivity index (χ3n) is 3.44. The highest BCUT2D eigenvalue weighted by atomic mass is 35.5. The number of amides is 1. The summed E-state index contributed by atoms with van der Waals surface area (Å²) in [5.74, 6) is -0.754. The minimum Gasteiger partial charge on any atom is -0.480 e. The van der Waals surface area contributed by atoms with Crippen LogP contribution in [0.4, 0.5) is 13.2 Å². The summed E-state index contributed by atoms with van der Waals surface area (Å²) in [6, 6.07) is 4.84. The van der Waals surface area contributed by atoms with Crippen LogP contribution in [0.2, 0.25) is 0 Å². The van der Waals surface area contributed by atoms with Crippen molar-refractivity contribution in [3.05, 3.63) is 29.8 Å². The van der Waals surface area contributed by atoms with Gasteiger partial charge in [-0.1, -0.05) is 26.0 Å². The van der Waals surface area contributed by atoms with Gasteiger partial charge < -0.3 is 15.4 Å². The number of carbonyl (C=O) groups is 1. The number of halogens is 4. The zero-order valence-corrected chi connectivity index (χ0v) is 15.0. The lowest BCUT2D eigenvalue weighted by molar-refractivity contribution is -0.143. The molecule has 0 aliphatic rings. The molecule has 0 heterocycles. The molecule has 1 rings (SSSR count). The first kappa shape index (κ1) is 22.5. The molecule has 1 unspecified atom stereocenters. The normalized spacial score (nSPS) is 13.0. The second-order valence-corrected chi connectivity index (χ2v) is 6.32. The van der Waals surface area contributed by atoms with Gasteiger partial charge >= 0.3 is 6.18 Å². The molecule has 4 nitrogen and oxygen atoms in total. The van der Waals surface area contributed by atoms with E-state index >= 15 is 0 Å². The maximum absolute atomic E-state index is 12.9. The molecule has 0 saturated heterocycles. The van der Waals surface area contributed by atoms with E-state index in [-0.39, 0.29) is 23.6 Å². The third-order valence-corrected chi connectivity index (χ3v) is 3.44. The van der Waals surface area contributed by atoms with Gasteiger partial charge in [-0.15, -0.1) is 12.4 Å². The summed E-state index contributed by atoms with van der Waals surface area (Å²) in [7, 11) is 1.58. The highest BCUT2D eigenvalue weighted by Crippen LogP contribution is 2.36. The number of para-hydroxylation sites is 1. The lowest BCUT2D eigenvalue weighted by atomic mass is 9.93. The van der Waals surface area contributed by atoms with E-state index in [4.69, 9.17) is 10.5 Å². The average Bonchev–Trinajstić information content (AvgIpc) is 2.45. The van der Waals surface area contributed by atoms with Crippen LogP contribution in [0.5, 0.6) is 5.75 Å². The Morgan fingerprint density at radius 3 is 2.33 bits per heavy atom. The van der Waals surface area contributed by atoms with Crippen molar-refractivity contribution in [1.82, 2.24) is 4.90 Å². The molecule has 1 aromatic carbocycles. The summed E-state index contributed by atoms with van der Waals surface area (Å²) in [4.78, 5) is 13.7. The molecule has 0 aliphatic carbocycles. The Labute approximate surface area is 146 Å². The van der Waals surface area contributed by atoms with Crippen molar-refractivity contribution in [1.29, 1.82) is 0 Å². The molecule has 1 atom stereocenters. The summed E-state index contributed by atoms with van der Waals surface area (Å²) in [5.41, 5.74) is 4.45. The van der Waals surface area contributed by atoms with Gasteiger partial charge in [0.1, 0.15) is 5.75 Å². The Morgan fingerprint density at radius 2 is 1.83 bits per heavy atom. The highest BCUT2D eigenvalue weighted by Gasteiger charge is 2.35. The minimum absolute atomic E-state index is 0. The van der Waals surface area contributed by atoms with E-state index in [1.54, 1.807) is 7.05 Å². The molecule has 2 N–H and O–H groups in total. The lowest BCUT2D eigenvalue weighted by Crippen LogP contribution is -2.44. The minimum atomic E-state index is -4.53. The van der Waals surface area contributed by atoms with Crippen molar-refractivity contribution in [3.63, 3.8) is 0 Å². The van der Waals surface area contributed by atoms with Gasteiger partial charge in [-0.25, -0.2) is 0 Å². The van der Waals surface area contributed by atoms with Gasteiger partial charge in [0.2, 0.25) is 0 Å². The van der Waals surface area contributed by atoms with E-state index in [0.717, 1.165) is 6.07 Å². The van der Waals surface area contributed by atoms with Crippen molar-refractivity contribution in [2.75, 3.05) is 20.1 Å². The van der Waals surface area contributed by atoms with Crippen LogP contribution in [0, 0.1) is 5.41 Å². The predicted molar refractivity (Wildman–Crippen MR) is 89.3 cm³/mol. The predicted octanol–water partition coefficient (Wildman–Crippen LogP) is 3.34. The number of hydrogen-bond acceptors (Lipinski definition) is 3. The molecule has 0 aromatic heterocycles. The summed E-state index contributed by atoms with van der Waals surface area (Å²) in [6.07, 6.45) is -5.57. The second-order valence-electron chi connectivity index (χ2n) is 6.32. The number of nitrogens with zero attached hydrogens (tertiary/aromatic N) is 1. The molecule has 0 fully saturated rings. The van der Waals surface area contributed by atoms with Crippen LogP contribution in [-0.4, -0.2) is 37.0 Å². The monoisotopic (exact) mass is 368 g/mol. The number of alkyl halides is 3. The van der Waals surface area contributed by atoms with Crippen molar-refractivity contribution in [2.45, 2.75) is 33.1 Å². The van der Waals surface area contributed by atoms with Crippen LogP contribution in [-0.2, 0) is 11.0 Å². The fourth-order valence-electron chi connectivity index (χ4n) is 2.14. The van der Waals surface area contributed by atoms with Gasteiger partial charge in [-0.05, 0) is 31.0 Å². The highest BCUT2D eigenvalue weighted by molar-refractivity contribution is 5.85. The van der Waals surface area contributed by atoms with Crippen molar-refractivity contribution >= 4 is 18.3 Å². The van der Waals surface area contributed by atoms with E-state index in [9.17, 15) is 18.0 Å². The van der Waals surface area contributed by atoms with Crippen LogP contribution in [0.3, 0.4) is 0 Å². The van der Waals surface area contributed by atoms with Gasteiger partial charge in [0, 0.05) is 13.6 Å². The van der Waals surface area contributed by atoms with Gasteiger partial charge in [0.25, 0.3) is 5.91 Å². The first-order valence-corrected chi connectivity index (χ1v) is 7.26. The third kappa shape index (κ3) is 6.20. The van der Waals surface area contributed by atoms with Crippen molar-refractivity contribution < 1.29 is 22.7 Å². The van der Waals surface area contributed by atoms with Crippen LogP contribution in [0.15, 0.2) is 24.3 Å². The van der Waals surface area contributed by atoms with E-state index in [2.05, 4.69) is 0 Å². The lowest BCUT2D eigenvalue weighted by Gasteiger charge is -2.30. The SMILES string of the molecule is CC(Oc1ccccc1C(F)(F)F)C(=O)N(C)CC(C)(C)CN.Cl. The molecular weight excluding hydrogens is 345 g/mol. The Kier molecular flexibility index (Phi) is 8.05. The van der Waals surface area contributed by atoms with E-state index in [0.29, 0.717) is 13.1 Å². The molecule has 1 amide bonds. The quantitative estimate of drug-likeness (QED) is 0.837. The van der Waals surface area contributed by atoms with Gasteiger partial charge in [-0.2, -0.15) is 13.2 Å². The first-order chi connectivity index (χ1) is 10.5. The number of nitrogens with two attached hydrogens (primary N) is 1. The Bertz CT molecular complexity index is 550. The maximum atomic E-state index is 12.9. The topological polar surface area (TPSA) is 55.6 Å². The van der Waals surface area contributed by atoms with Crippen LogP contribution in [0.1, 0.15) is 26.3 Å². The maximum Gasteiger partial charge on any atom is 0.419 e. The zero-order valence-electron chi connectivity index (χ0n) is 14.2. The Morgan fingerprint density at radius 1 is 1.29 bits per heavy atom. The fraction of sp³-hybridized carbons (Fsp3) is 0.562. The van der Waals surface area contributed by atoms with Gasteiger partial charge in [0.15, 0.2) is 6.10 Å². The van der Waals surface area contributed by atoms with Gasteiger partial charge in [0.05, 0.1) is 5.56 Å². The van der Waals surface area contributed by atoms with Gasteiger partial charge in [-0.3, -0.25) is 4.79 Å². The molecule has 8 heteroatoms. The Balaban J connectivity index is 0.00000529. The fourth-order valence-corrected chi connectivity index (χ4v) is 2.14. The van der Waals surface area contributed by atoms with Crippen molar-refractivity contribution in [2.24, 2.45) is 11.1 Å². The van der Waals surface area contributed by atoms with E-state index in [1.807, 2.05) is 13.8 Å². The number of carbonyl (C=O) groups excluding carboxylic acids is 1. The summed E-state index contributed by atoms with van der Waals surface area (Å²) in [6.45, 7) is 6.01. The molecule has 138 valence electrons. The second kappa shape index (κ2) is 8.58. The molecule has 24 heavy (non-hydrogen) atoms.